The lowest BCUT2D eigenvalue weighted by atomic mass is 10.2. The van der Waals surface area contributed by atoms with Crippen molar-refractivity contribution in [1.29, 1.82) is 0 Å². The standard InChI is InChI=1S/C16H12N6O3S/c17-16-19-14(26-9-10-3-5-11(6-4-10)22(23)24)8-13-18-15(20-21(13)16)12-2-1-7-25-12/h1-8H,9H2,(H2,17,19). The number of fused-ring (bicyclic) bond motifs is 1. The highest BCUT2D eigenvalue weighted by molar-refractivity contribution is 7.98. The highest BCUT2D eigenvalue weighted by Crippen LogP contribution is 2.25. The first-order chi connectivity index (χ1) is 12.6. The van der Waals surface area contributed by atoms with E-state index in [1.807, 2.05) is 0 Å². The van der Waals surface area contributed by atoms with Gasteiger partial charge in [-0.15, -0.1) is 16.9 Å². The zero-order valence-corrected chi connectivity index (χ0v) is 14.1. The van der Waals surface area contributed by atoms with Gasteiger partial charge in [-0.2, -0.15) is 4.52 Å². The van der Waals surface area contributed by atoms with Gasteiger partial charge in [-0.25, -0.2) is 9.97 Å². The molecule has 1 aromatic carbocycles. The number of nitro benzene ring substituents is 1. The molecule has 0 saturated heterocycles. The van der Waals surface area contributed by atoms with Crippen LogP contribution in [0, 0.1) is 10.1 Å². The SMILES string of the molecule is Nc1nc(SCc2ccc([N+](=O)[O-])cc2)cc2nc(-c3ccco3)nn12. The maximum absolute atomic E-state index is 10.7. The van der Waals surface area contributed by atoms with Crippen molar-refractivity contribution in [3.8, 4) is 11.6 Å². The number of nitrogen functional groups attached to an aromatic ring is 1. The number of non-ortho nitro benzene ring substituents is 1. The molecule has 0 aliphatic rings. The number of furan rings is 1. The van der Waals surface area contributed by atoms with E-state index in [0.717, 1.165) is 5.56 Å². The molecule has 0 atom stereocenters. The molecule has 9 nitrogen and oxygen atoms in total. The summed E-state index contributed by atoms with van der Waals surface area (Å²) in [5, 5.41) is 15.7. The summed E-state index contributed by atoms with van der Waals surface area (Å²) in [6.07, 6.45) is 1.55. The third-order valence-electron chi connectivity index (χ3n) is 3.60. The molecular weight excluding hydrogens is 356 g/mol. The van der Waals surface area contributed by atoms with Crippen molar-refractivity contribution in [2.75, 3.05) is 5.73 Å². The Morgan fingerprint density at radius 2 is 2.04 bits per heavy atom. The predicted octanol–water partition coefficient (Wildman–Crippen LogP) is 3.17. The minimum atomic E-state index is -0.422. The summed E-state index contributed by atoms with van der Waals surface area (Å²) in [5.41, 5.74) is 7.55. The fourth-order valence-corrected chi connectivity index (χ4v) is 3.20. The molecule has 4 rings (SSSR count). The summed E-state index contributed by atoms with van der Waals surface area (Å²) in [4.78, 5) is 19.0. The molecule has 0 fully saturated rings. The molecule has 0 aliphatic carbocycles. The van der Waals surface area contributed by atoms with Crippen molar-refractivity contribution in [2.45, 2.75) is 10.8 Å². The van der Waals surface area contributed by atoms with Gasteiger partial charge in [0.2, 0.25) is 11.8 Å². The number of benzene rings is 1. The van der Waals surface area contributed by atoms with E-state index in [0.29, 0.717) is 28.0 Å². The average Bonchev–Trinajstić information content (AvgIpc) is 3.29. The molecule has 0 unspecified atom stereocenters. The summed E-state index contributed by atoms with van der Waals surface area (Å²) in [5.74, 6) is 1.80. The van der Waals surface area contributed by atoms with Crippen molar-refractivity contribution in [2.24, 2.45) is 0 Å². The van der Waals surface area contributed by atoms with Gasteiger partial charge >= 0.3 is 0 Å². The van der Waals surface area contributed by atoms with E-state index < -0.39 is 4.92 Å². The molecule has 2 N–H and O–H groups in total. The third-order valence-corrected chi connectivity index (χ3v) is 4.58. The van der Waals surface area contributed by atoms with Crippen molar-refractivity contribution < 1.29 is 9.34 Å². The van der Waals surface area contributed by atoms with Crippen molar-refractivity contribution >= 4 is 29.0 Å². The molecule has 10 heteroatoms. The maximum Gasteiger partial charge on any atom is 0.269 e. The Morgan fingerprint density at radius 1 is 1.23 bits per heavy atom. The molecular formula is C16H12N6O3S. The number of anilines is 1. The van der Waals surface area contributed by atoms with Crippen LogP contribution in [0.3, 0.4) is 0 Å². The number of aromatic nitrogens is 4. The van der Waals surface area contributed by atoms with Gasteiger partial charge in [0.05, 0.1) is 11.2 Å². The lowest BCUT2D eigenvalue weighted by molar-refractivity contribution is -0.384. The van der Waals surface area contributed by atoms with E-state index in [-0.39, 0.29) is 11.6 Å². The van der Waals surface area contributed by atoms with Gasteiger partial charge in [0.15, 0.2) is 11.4 Å². The molecule has 0 amide bonds. The minimum absolute atomic E-state index is 0.0662. The normalized spacial score (nSPS) is 11.1. The zero-order chi connectivity index (χ0) is 18.1. The average molecular weight is 368 g/mol. The maximum atomic E-state index is 10.7. The van der Waals surface area contributed by atoms with Crippen LogP contribution in [0.25, 0.3) is 17.2 Å². The van der Waals surface area contributed by atoms with Gasteiger partial charge in [0, 0.05) is 24.0 Å². The molecule has 26 heavy (non-hydrogen) atoms. The highest BCUT2D eigenvalue weighted by Gasteiger charge is 2.13. The van der Waals surface area contributed by atoms with Gasteiger partial charge in [-0.3, -0.25) is 10.1 Å². The Hall–Kier alpha value is -3.40. The fourth-order valence-electron chi connectivity index (χ4n) is 2.34. The van der Waals surface area contributed by atoms with Crippen molar-refractivity contribution in [3.05, 3.63) is 64.4 Å². The van der Waals surface area contributed by atoms with Crippen LogP contribution in [-0.2, 0) is 5.75 Å². The molecule has 3 heterocycles. The molecule has 0 spiro atoms. The zero-order valence-electron chi connectivity index (χ0n) is 13.3. The Kier molecular flexibility index (Phi) is 4.01. The Bertz CT molecular complexity index is 1080. The smallest absolute Gasteiger partial charge is 0.269 e. The summed E-state index contributed by atoms with van der Waals surface area (Å²) in [7, 11) is 0. The van der Waals surface area contributed by atoms with Crippen LogP contribution in [0.15, 0.2) is 58.2 Å². The first-order valence-electron chi connectivity index (χ1n) is 7.53. The third kappa shape index (κ3) is 3.09. The first-order valence-corrected chi connectivity index (χ1v) is 8.52. The van der Waals surface area contributed by atoms with E-state index in [1.165, 1.54) is 28.4 Å². The van der Waals surface area contributed by atoms with Gasteiger partial charge in [-0.1, -0.05) is 12.1 Å². The second kappa shape index (κ2) is 6.48. The number of nitrogens with two attached hydrogens (primary N) is 1. The highest BCUT2D eigenvalue weighted by atomic mass is 32.2. The van der Waals surface area contributed by atoms with Gasteiger partial charge < -0.3 is 10.2 Å². The molecule has 4 aromatic rings. The largest absolute Gasteiger partial charge is 0.461 e. The quantitative estimate of drug-likeness (QED) is 0.246. The molecule has 0 bridgehead atoms. The predicted molar refractivity (Wildman–Crippen MR) is 95.6 cm³/mol. The second-order valence-electron chi connectivity index (χ2n) is 5.35. The minimum Gasteiger partial charge on any atom is -0.461 e. The summed E-state index contributed by atoms with van der Waals surface area (Å²) < 4.78 is 6.75. The Balaban J connectivity index is 1.56. The van der Waals surface area contributed by atoms with Crippen LogP contribution in [0.5, 0.6) is 0 Å². The van der Waals surface area contributed by atoms with E-state index in [4.69, 9.17) is 10.2 Å². The lowest BCUT2D eigenvalue weighted by Gasteiger charge is -2.03. The number of nitro groups is 1. The fraction of sp³-hybridized carbons (Fsp3) is 0.0625. The van der Waals surface area contributed by atoms with Crippen molar-refractivity contribution in [3.63, 3.8) is 0 Å². The van der Waals surface area contributed by atoms with E-state index in [1.54, 1.807) is 36.6 Å². The Labute approximate surface area is 151 Å². The van der Waals surface area contributed by atoms with E-state index in [2.05, 4.69) is 15.1 Å². The molecule has 3 aromatic heterocycles. The lowest BCUT2D eigenvalue weighted by Crippen LogP contribution is -2.02. The van der Waals surface area contributed by atoms with Crippen LogP contribution in [0.4, 0.5) is 11.6 Å². The summed E-state index contributed by atoms with van der Waals surface area (Å²) >= 11 is 1.46. The molecule has 0 radical (unpaired) electrons. The summed E-state index contributed by atoms with van der Waals surface area (Å²) in [6.45, 7) is 0. The monoisotopic (exact) mass is 368 g/mol. The van der Waals surface area contributed by atoms with Crippen LogP contribution in [0.1, 0.15) is 5.56 Å². The van der Waals surface area contributed by atoms with E-state index in [9.17, 15) is 10.1 Å². The van der Waals surface area contributed by atoms with Crippen LogP contribution in [0.2, 0.25) is 0 Å². The van der Waals surface area contributed by atoms with Crippen LogP contribution < -0.4 is 5.73 Å². The number of hydrogen-bond donors (Lipinski definition) is 1. The van der Waals surface area contributed by atoms with Gasteiger partial charge in [-0.05, 0) is 17.7 Å². The Morgan fingerprint density at radius 3 is 2.73 bits per heavy atom. The van der Waals surface area contributed by atoms with Crippen LogP contribution in [-0.4, -0.2) is 24.5 Å². The van der Waals surface area contributed by atoms with Gasteiger partial charge in [0.25, 0.3) is 5.69 Å². The number of hydrogen-bond acceptors (Lipinski definition) is 8. The number of rotatable bonds is 5. The molecule has 0 saturated carbocycles. The number of thioether (sulfide) groups is 1. The van der Waals surface area contributed by atoms with Crippen molar-refractivity contribution in [1.82, 2.24) is 19.6 Å². The number of nitrogens with zero attached hydrogens (tertiary/aromatic N) is 5. The van der Waals surface area contributed by atoms with E-state index >= 15 is 0 Å². The molecule has 0 aliphatic heterocycles. The molecule has 130 valence electrons. The topological polar surface area (TPSA) is 125 Å². The van der Waals surface area contributed by atoms with Crippen LogP contribution >= 0.6 is 11.8 Å². The second-order valence-corrected chi connectivity index (χ2v) is 6.34. The summed E-state index contributed by atoms with van der Waals surface area (Å²) in [6, 6.07) is 11.7. The first kappa shape index (κ1) is 16.1. The van der Waals surface area contributed by atoms with Gasteiger partial charge in [0.1, 0.15) is 5.03 Å².